The molecule has 4 heteroatoms. The lowest BCUT2D eigenvalue weighted by molar-refractivity contribution is 0.552. The van der Waals surface area contributed by atoms with Crippen LogP contribution in [0.5, 0.6) is 0 Å². The van der Waals surface area contributed by atoms with Crippen LogP contribution in [-0.2, 0) is 0 Å². The third-order valence-electron chi connectivity index (χ3n) is 3.34. The van der Waals surface area contributed by atoms with Gasteiger partial charge in [-0.2, -0.15) is 0 Å². The third kappa shape index (κ3) is 4.29. The Labute approximate surface area is 130 Å². The topological polar surface area (TPSA) is 24.9 Å². The Balaban J connectivity index is 2.31. The molecule has 0 amide bonds. The monoisotopic (exact) mass is 304 g/mol. The molecule has 112 valence electrons. The van der Waals surface area contributed by atoms with Gasteiger partial charge < -0.3 is 5.32 Å². The van der Waals surface area contributed by atoms with Gasteiger partial charge in [-0.3, -0.25) is 4.98 Å². The van der Waals surface area contributed by atoms with Crippen LogP contribution in [0.25, 0.3) is 0 Å². The SMILES string of the molecule is CCCNC(C)c1cc(F)c(C)cc1Sc1ccncc1. The lowest BCUT2D eigenvalue weighted by Gasteiger charge is -2.18. The fraction of sp³-hybridized carbons (Fsp3) is 0.353. The maximum Gasteiger partial charge on any atom is 0.126 e. The molecule has 2 nitrogen and oxygen atoms in total. The van der Waals surface area contributed by atoms with Gasteiger partial charge in [0.1, 0.15) is 5.82 Å². The highest BCUT2D eigenvalue weighted by atomic mass is 32.2. The summed E-state index contributed by atoms with van der Waals surface area (Å²) >= 11 is 1.65. The molecule has 1 N–H and O–H groups in total. The summed E-state index contributed by atoms with van der Waals surface area (Å²) in [5, 5.41) is 3.43. The molecule has 1 atom stereocenters. The second kappa shape index (κ2) is 7.57. The van der Waals surface area contributed by atoms with Crippen molar-refractivity contribution in [1.29, 1.82) is 0 Å². The number of halogens is 1. The molecule has 0 radical (unpaired) electrons. The summed E-state index contributed by atoms with van der Waals surface area (Å²) in [5.74, 6) is -0.144. The molecule has 2 aromatic rings. The zero-order chi connectivity index (χ0) is 15.2. The summed E-state index contributed by atoms with van der Waals surface area (Å²) in [6, 6.07) is 7.66. The maximum absolute atomic E-state index is 13.9. The molecule has 0 aliphatic rings. The fourth-order valence-corrected chi connectivity index (χ4v) is 3.20. The van der Waals surface area contributed by atoms with Gasteiger partial charge in [-0.15, -0.1) is 0 Å². The van der Waals surface area contributed by atoms with Gasteiger partial charge in [0, 0.05) is 28.2 Å². The van der Waals surface area contributed by atoms with Gasteiger partial charge in [0.15, 0.2) is 0 Å². The van der Waals surface area contributed by atoms with Gasteiger partial charge in [0.25, 0.3) is 0 Å². The Bertz CT molecular complexity index is 587. The molecule has 1 heterocycles. The first-order chi connectivity index (χ1) is 10.1. The second-order valence-corrected chi connectivity index (χ2v) is 6.22. The van der Waals surface area contributed by atoms with Crippen molar-refractivity contribution in [2.75, 3.05) is 6.54 Å². The Kier molecular flexibility index (Phi) is 5.76. The van der Waals surface area contributed by atoms with Crippen molar-refractivity contribution in [2.24, 2.45) is 0 Å². The van der Waals surface area contributed by atoms with Gasteiger partial charge in [-0.1, -0.05) is 18.7 Å². The quantitative estimate of drug-likeness (QED) is 0.834. The summed E-state index contributed by atoms with van der Waals surface area (Å²) in [4.78, 5) is 6.24. The Hall–Kier alpha value is -1.39. The van der Waals surface area contributed by atoms with Crippen LogP contribution in [0, 0.1) is 12.7 Å². The van der Waals surface area contributed by atoms with E-state index in [-0.39, 0.29) is 11.9 Å². The molecular formula is C17H21FN2S. The lowest BCUT2D eigenvalue weighted by atomic mass is 10.1. The van der Waals surface area contributed by atoms with E-state index in [0.29, 0.717) is 5.56 Å². The van der Waals surface area contributed by atoms with Crippen LogP contribution >= 0.6 is 11.8 Å². The molecule has 0 aliphatic carbocycles. The maximum atomic E-state index is 13.9. The summed E-state index contributed by atoms with van der Waals surface area (Å²) in [6.07, 6.45) is 4.61. The predicted molar refractivity (Wildman–Crippen MR) is 86.2 cm³/mol. The minimum Gasteiger partial charge on any atom is -0.310 e. The number of aromatic nitrogens is 1. The minimum atomic E-state index is -0.144. The van der Waals surface area contributed by atoms with E-state index in [2.05, 4.69) is 24.1 Å². The molecule has 2 rings (SSSR count). The molecule has 1 aromatic carbocycles. The van der Waals surface area contributed by atoms with E-state index in [9.17, 15) is 4.39 Å². The smallest absolute Gasteiger partial charge is 0.126 e. The van der Waals surface area contributed by atoms with Crippen LogP contribution in [0.1, 0.15) is 37.4 Å². The molecule has 0 spiro atoms. The van der Waals surface area contributed by atoms with Crippen LogP contribution in [0.4, 0.5) is 4.39 Å². The van der Waals surface area contributed by atoms with Crippen molar-refractivity contribution < 1.29 is 4.39 Å². The highest BCUT2D eigenvalue weighted by Crippen LogP contribution is 2.34. The molecule has 1 aromatic heterocycles. The van der Waals surface area contributed by atoms with Crippen molar-refractivity contribution in [1.82, 2.24) is 10.3 Å². The van der Waals surface area contributed by atoms with Crippen molar-refractivity contribution in [3.05, 3.63) is 53.6 Å². The number of nitrogens with one attached hydrogen (secondary N) is 1. The number of nitrogens with zero attached hydrogens (tertiary/aromatic N) is 1. The number of benzene rings is 1. The summed E-state index contributed by atoms with van der Waals surface area (Å²) in [5.41, 5.74) is 1.69. The van der Waals surface area contributed by atoms with Crippen molar-refractivity contribution in [3.8, 4) is 0 Å². The fourth-order valence-electron chi connectivity index (χ4n) is 2.10. The highest BCUT2D eigenvalue weighted by molar-refractivity contribution is 7.99. The molecule has 0 aliphatic heterocycles. The Morgan fingerprint density at radius 1 is 1.29 bits per heavy atom. The van der Waals surface area contributed by atoms with Crippen molar-refractivity contribution >= 4 is 11.8 Å². The first kappa shape index (κ1) is 16.0. The van der Waals surface area contributed by atoms with Crippen LogP contribution < -0.4 is 5.32 Å². The van der Waals surface area contributed by atoms with E-state index in [0.717, 1.165) is 28.3 Å². The normalized spacial score (nSPS) is 12.4. The number of hydrogen-bond acceptors (Lipinski definition) is 3. The van der Waals surface area contributed by atoms with E-state index < -0.39 is 0 Å². The van der Waals surface area contributed by atoms with Crippen LogP contribution in [0.3, 0.4) is 0 Å². The molecule has 1 unspecified atom stereocenters. The average Bonchev–Trinajstić information content (AvgIpc) is 2.49. The molecule has 0 saturated carbocycles. The molecule has 0 bridgehead atoms. The van der Waals surface area contributed by atoms with Gasteiger partial charge in [-0.25, -0.2) is 4.39 Å². The average molecular weight is 304 g/mol. The van der Waals surface area contributed by atoms with Crippen LogP contribution in [-0.4, -0.2) is 11.5 Å². The first-order valence-electron chi connectivity index (χ1n) is 7.23. The zero-order valence-electron chi connectivity index (χ0n) is 12.7. The van der Waals surface area contributed by atoms with Gasteiger partial charge >= 0.3 is 0 Å². The van der Waals surface area contributed by atoms with Gasteiger partial charge in [0.2, 0.25) is 0 Å². The van der Waals surface area contributed by atoms with E-state index >= 15 is 0 Å². The van der Waals surface area contributed by atoms with Crippen molar-refractivity contribution in [3.63, 3.8) is 0 Å². The van der Waals surface area contributed by atoms with E-state index in [1.807, 2.05) is 18.2 Å². The minimum absolute atomic E-state index is 0.129. The van der Waals surface area contributed by atoms with Crippen molar-refractivity contribution in [2.45, 2.75) is 43.0 Å². The van der Waals surface area contributed by atoms with Gasteiger partial charge in [-0.05, 0) is 62.2 Å². The summed E-state index contributed by atoms with van der Waals surface area (Å²) in [7, 11) is 0. The largest absolute Gasteiger partial charge is 0.310 e. The van der Waals surface area contributed by atoms with E-state index in [1.54, 1.807) is 37.1 Å². The third-order valence-corrected chi connectivity index (χ3v) is 4.42. The molecule has 21 heavy (non-hydrogen) atoms. The highest BCUT2D eigenvalue weighted by Gasteiger charge is 2.14. The summed E-state index contributed by atoms with van der Waals surface area (Å²) in [6.45, 7) is 6.94. The number of rotatable bonds is 6. The lowest BCUT2D eigenvalue weighted by Crippen LogP contribution is -2.20. The standard InChI is InChI=1S/C17H21FN2S/c1-4-7-20-13(3)15-11-16(18)12(2)10-17(15)21-14-5-8-19-9-6-14/h5-6,8-11,13,20H,4,7H2,1-3H3. The first-order valence-corrected chi connectivity index (χ1v) is 8.04. The van der Waals surface area contributed by atoms with E-state index in [4.69, 9.17) is 0 Å². The second-order valence-electron chi connectivity index (χ2n) is 5.10. The summed E-state index contributed by atoms with van der Waals surface area (Å²) < 4.78 is 13.9. The molecule has 0 saturated heterocycles. The Morgan fingerprint density at radius 2 is 2.00 bits per heavy atom. The molecule has 0 fully saturated rings. The zero-order valence-corrected chi connectivity index (χ0v) is 13.5. The van der Waals surface area contributed by atoms with E-state index in [1.165, 1.54) is 0 Å². The predicted octanol–water partition coefficient (Wildman–Crippen LogP) is 4.74. The van der Waals surface area contributed by atoms with Crippen LogP contribution in [0.15, 0.2) is 46.5 Å². The van der Waals surface area contributed by atoms with Crippen LogP contribution in [0.2, 0.25) is 0 Å². The van der Waals surface area contributed by atoms with Gasteiger partial charge in [0.05, 0.1) is 0 Å². The number of hydrogen-bond donors (Lipinski definition) is 1. The number of aryl methyl sites for hydroxylation is 1. The Morgan fingerprint density at radius 3 is 2.67 bits per heavy atom. The number of pyridine rings is 1. The molecular weight excluding hydrogens is 283 g/mol.